The third-order valence-corrected chi connectivity index (χ3v) is 6.63. The van der Waals surface area contributed by atoms with Crippen molar-refractivity contribution in [1.82, 2.24) is 4.90 Å². The summed E-state index contributed by atoms with van der Waals surface area (Å²) in [6.07, 6.45) is 2.75. The fourth-order valence-corrected chi connectivity index (χ4v) is 4.58. The van der Waals surface area contributed by atoms with Crippen LogP contribution in [0.1, 0.15) is 24.5 Å². The highest BCUT2D eigenvalue weighted by atomic mass is 35.5. The summed E-state index contributed by atoms with van der Waals surface area (Å²) in [6.45, 7) is 3.07. The molecule has 0 aromatic heterocycles. The summed E-state index contributed by atoms with van der Waals surface area (Å²) >= 11 is 13.4. The number of halogens is 2. The Morgan fingerprint density at radius 1 is 1.00 bits per heavy atom. The van der Waals surface area contributed by atoms with Crippen LogP contribution in [0.15, 0.2) is 82.7 Å². The first-order valence-corrected chi connectivity index (χ1v) is 12.1. The van der Waals surface area contributed by atoms with Crippen LogP contribution in [0.4, 0.5) is 5.69 Å². The van der Waals surface area contributed by atoms with Gasteiger partial charge in [0, 0.05) is 6.54 Å². The van der Waals surface area contributed by atoms with Gasteiger partial charge in [0.25, 0.3) is 5.91 Å². The third kappa shape index (κ3) is 5.99. The number of aliphatic imine (C=N–C) groups is 1. The number of carbonyl (C=O) groups excluding carboxylic acids is 1. The van der Waals surface area contributed by atoms with E-state index in [1.807, 2.05) is 66.7 Å². The summed E-state index contributed by atoms with van der Waals surface area (Å²) in [6, 6.07) is 22.8. The standard InChI is InChI=1S/C26H22Cl2N2O2S/c1-2-14-30-25(31)24(33-26(30)29-20-6-4-3-5-7-20)16-18-8-11-21(12-9-18)32-17-19-10-13-22(27)23(28)15-19/h3-13,15-16H,2,14,17H2,1H3/b24-16+,29-26?. The van der Waals surface area contributed by atoms with Crippen LogP contribution in [0.3, 0.4) is 0 Å². The molecule has 0 unspecified atom stereocenters. The van der Waals surface area contributed by atoms with E-state index in [2.05, 4.69) is 11.9 Å². The van der Waals surface area contributed by atoms with E-state index in [0.29, 0.717) is 33.3 Å². The van der Waals surface area contributed by atoms with Crippen LogP contribution in [0.2, 0.25) is 10.0 Å². The smallest absolute Gasteiger partial charge is 0.266 e. The number of rotatable bonds is 7. The molecule has 1 fully saturated rings. The molecule has 4 rings (SSSR count). The Labute approximate surface area is 207 Å². The van der Waals surface area contributed by atoms with Crippen molar-refractivity contribution >= 4 is 57.8 Å². The average Bonchev–Trinajstić information content (AvgIpc) is 3.10. The molecule has 0 N–H and O–H groups in total. The van der Waals surface area contributed by atoms with Gasteiger partial charge in [-0.2, -0.15) is 0 Å². The van der Waals surface area contributed by atoms with Crippen molar-refractivity contribution in [3.8, 4) is 5.75 Å². The van der Waals surface area contributed by atoms with Gasteiger partial charge in [-0.05, 0) is 71.8 Å². The number of amides is 1. The first kappa shape index (κ1) is 23.4. The molecule has 1 heterocycles. The van der Waals surface area contributed by atoms with Gasteiger partial charge in [-0.25, -0.2) is 4.99 Å². The van der Waals surface area contributed by atoms with Gasteiger partial charge in [-0.1, -0.05) is 66.5 Å². The molecule has 1 saturated heterocycles. The lowest BCUT2D eigenvalue weighted by atomic mass is 10.2. The normalized spacial score (nSPS) is 16.1. The molecule has 33 heavy (non-hydrogen) atoms. The third-order valence-electron chi connectivity index (χ3n) is 4.88. The van der Waals surface area contributed by atoms with E-state index in [1.54, 1.807) is 17.0 Å². The number of hydrogen-bond donors (Lipinski definition) is 0. The van der Waals surface area contributed by atoms with E-state index in [1.165, 1.54) is 11.8 Å². The summed E-state index contributed by atoms with van der Waals surface area (Å²) in [7, 11) is 0. The summed E-state index contributed by atoms with van der Waals surface area (Å²) in [4.78, 5) is 20.1. The lowest BCUT2D eigenvalue weighted by Gasteiger charge is -2.13. The van der Waals surface area contributed by atoms with Crippen molar-refractivity contribution < 1.29 is 9.53 Å². The lowest BCUT2D eigenvalue weighted by molar-refractivity contribution is -0.122. The van der Waals surface area contributed by atoms with E-state index >= 15 is 0 Å². The molecule has 1 aliphatic rings. The fraction of sp³-hybridized carbons (Fsp3) is 0.154. The second-order valence-electron chi connectivity index (χ2n) is 7.40. The van der Waals surface area contributed by atoms with Gasteiger partial charge in [0.2, 0.25) is 0 Å². The Morgan fingerprint density at radius 2 is 1.76 bits per heavy atom. The number of hydrogen-bond acceptors (Lipinski definition) is 4. The van der Waals surface area contributed by atoms with Crippen LogP contribution in [-0.2, 0) is 11.4 Å². The molecule has 1 aliphatic heterocycles. The number of ether oxygens (including phenoxy) is 1. The van der Waals surface area contributed by atoms with Crippen molar-refractivity contribution in [2.75, 3.05) is 6.54 Å². The Balaban J connectivity index is 1.46. The van der Waals surface area contributed by atoms with Crippen LogP contribution in [0.25, 0.3) is 6.08 Å². The maximum absolute atomic E-state index is 13.0. The molecule has 0 radical (unpaired) electrons. The topological polar surface area (TPSA) is 41.9 Å². The molecular weight excluding hydrogens is 475 g/mol. The Hall–Kier alpha value is -2.73. The first-order chi connectivity index (χ1) is 16.0. The average molecular weight is 497 g/mol. The van der Waals surface area contributed by atoms with Crippen molar-refractivity contribution in [3.05, 3.63) is 98.9 Å². The number of para-hydroxylation sites is 1. The van der Waals surface area contributed by atoms with Crippen LogP contribution in [0, 0.1) is 0 Å². The van der Waals surface area contributed by atoms with Crippen LogP contribution in [0.5, 0.6) is 5.75 Å². The molecule has 0 bridgehead atoms. The summed E-state index contributed by atoms with van der Waals surface area (Å²) in [5, 5.41) is 1.73. The molecule has 0 spiro atoms. The zero-order valence-corrected chi connectivity index (χ0v) is 20.3. The quantitative estimate of drug-likeness (QED) is 0.316. The van der Waals surface area contributed by atoms with Crippen molar-refractivity contribution in [2.45, 2.75) is 20.0 Å². The molecule has 0 atom stereocenters. The number of nitrogens with zero attached hydrogens (tertiary/aromatic N) is 2. The molecule has 1 amide bonds. The van der Waals surface area contributed by atoms with E-state index in [4.69, 9.17) is 27.9 Å². The number of amidine groups is 1. The summed E-state index contributed by atoms with van der Waals surface area (Å²) in [5.74, 6) is 0.712. The van der Waals surface area contributed by atoms with E-state index in [9.17, 15) is 4.79 Å². The van der Waals surface area contributed by atoms with Gasteiger partial charge >= 0.3 is 0 Å². The second kappa shape index (κ2) is 10.9. The molecule has 7 heteroatoms. The number of carbonyl (C=O) groups is 1. The summed E-state index contributed by atoms with van der Waals surface area (Å²) in [5.41, 5.74) is 2.69. The number of thioether (sulfide) groups is 1. The highest BCUT2D eigenvalue weighted by Crippen LogP contribution is 2.34. The molecule has 3 aromatic carbocycles. The number of benzene rings is 3. The Bertz CT molecular complexity index is 1190. The predicted octanol–water partition coefficient (Wildman–Crippen LogP) is 7.59. The predicted molar refractivity (Wildman–Crippen MR) is 138 cm³/mol. The van der Waals surface area contributed by atoms with Crippen molar-refractivity contribution in [2.24, 2.45) is 4.99 Å². The van der Waals surface area contributed by atoms with Gasteiger partial charge in [-0.3, -0.25) is 9.69 Å². The van der Waals surface area contributed by atoms with Crippen LogP contribution in [-0.4, -0.2) is 22.5 Å². The van der Waals surface area contributed by atoms with Gasteiger partial charge in [-0.15, -0.1) is 0 Å². The largest absolute Gasteiger partial charge is 0.489 e. The van der Waals surface area contributed by atoms with E-state index < -0.39 is 0 Å². The summed E-state index contributed by atoms with van der Waals surface area (Å²) < 4.78 is 5.84. The second-order valence-corrected chi connectivity index (χ2v) is 9.23. The highest BCUT2D eigenvalue weighted by Gasteiger charge is 2.32. The molecule has 4 nitrogen and oxygen atoms in total. The minimum absolute atomic E-state index is 0.0172. The Morgan fingerprint density at radius 3 is 2.45 bits per heavy atom. The van der Waals surface area contributed by atoms with Gasteiger partial charge in [0.05, 0.1) is 20.6 Å². The molecule has 168 valence electrons. The zero-order valence-electron chi connectivity index (χ0n) is 18.0. The van der Waals surface area contributed by atoms with Gasteiger partial charge < -0.3 is 4.74 Å². The van der Waals surface area contributed by atoms with Crippen LogP contribution < -0.4 is 4.74 Å². The maximum atomic E-state index is 13.0. The van der Waals surface area contributed by atoms with E-state index in [0.717, 1.165) is 29.0 Å². The minimum Gasteiger partial charge on any atom is -0.489 e. The van der Waals surface area contributed by atoms with Crippen molar-refractivity contribution in [1.29, 1.82) is 0 Å². The lowest BCUT2D eigenvalue weighted by Crippen LogP contribution is -2.29. The van der Waals surface area contributed by atoms with Gasteiger partial charge in [0.1, 0.15) is 12.4 Å². The molecule has 0 saturated carbocycles. The monoisotopic (exact) mass is 496 g/mol. The van der Waals surface area contributed by atoms with E-state index in [-0.39, 0.29) is 5.91 Å². The first-order valence-electron chi connectivity index (χ1n) is 10.6. The Kier molecular flexibility index (Phi) is 7.76. The van der Waals surface area contributed by atoms with Crippen molar-refractivity contribution in [3.63, 3.8) is 0 Å². The molecule has 0 aliphatic carbocycles. The SMILES string of the molecule is CCCN1C(=O)/C(=C\c2ccc(OCc3ccc(Cl)c(Cl)c3)cc2)SC1=Nc1ccccc1. The minimum atomic E-state index is -0.0172. The zero-order chi connectivity index (χ0) is 23.2. The molecular formula is C26H22Cl2N2O2S. The maximum Gasteiger partial charge on any atom is 0.266 e. The van der Waals surface area contributed by atoms with Gasteiger partial charge in [0.15, 0.2) is 5.17 Å². The van der Waals surface area contributed by atoms with Crippen LogP contribution >= 0.6 is 35.0 Å². The fourth-order valence-electron chi connectivity index (χ4n) is 3.23. The highest BCUT2D eigenvalue weighted by molar-refractivity contribution is 8.18. The molecule has 3 aromatic rings.